The molecule has 10 heteroatoms. The number of nitrogens with zero attached hydrogens (tertiary/aromatic N) is 2. The maximum absolute atomic E-state index is 13.2. The van der Waals surface area contributed by atoms with Crippen LogP contribution < -0.4 is 10.3 Å². The van der Waals surface area contributed by atoms with E-state index in [1.54, 1.807) is 0 Å². The Kier molecular flexibility index (Phi) is 4.63. The summed E-state index contributed by atoms with van der Waals surface area (Å²) in [5, 5.41) is 6.14. The van der Waals surface area contributed by atoms with Crippen molar-refractivity contribution in [3.63, 3.8) is 0 Å². The molecule has 3 aromatic rings. The molecule has 0 saturated carbocycles. The molecule has 2 heterocycles. The van der Waals surface area contributed by atoms with Crippen molar-refractivity contribution in [2.45, 2.75) is 24.8 Å². The van der Waals surface area contributed by atoms with Crippen molar-refractivity contribution in [3.05, 3.63) is 63.0 Å². The number of nitrogens with one attached hydrogen (secondary N) is 2. The summed E-state index contributed by atoms with van der Waals surface area (Å²) < 4.78 is 41.9. The van der Waals surface area contributed by atoms with E-state index in [4.69, 9.17) is 11.6 Å². The second-order valence-electron chi connectivity index (χ2n) is 5.33. The molecule has 0 fully saturated rings. The summed E-state index contributed by atoms with van der Waals surface area (Å²) in [4.78, 5) is 11.8. The van der Waals surface area contributed by atoms with Gasteiger partial charge in [-0.2, -0.15) is 5.10 Å². The van der Waals surface area contributed by atoms with Crippen LogP contribution in [0.3, 0.4) is 0 Å². The first-order valence-electron chi connectivity index (χ1n) is 7.35. The fourth-order valence-corrected chi connectivity index (χ4v) is 3.60. The first-order chi connectivity index (χ1) is 11.8. The van der Waals surface area contributed by atoms with Gasteiger partial charge in [0.15, 0.2) is 0 Å². The molecule has 1 aromatic carbocycles. The maximum atomic E-state index is 13.2. The largest absolute Gasteiger partial charge is 0.297 e. The zero-order valence-corrected chi connectivity index (χ0v) is 14.7. The average Bonchev–Trinajstić information content (AvgIpc) is 3.04. The Bertz CT molecular complexity index is 1110. The van der Waals surface area contributed by atoms with Gasteiger partial charge in [0.05, 0.1) is 5.02 Å². The summed E-state index contributed by atoms with van der Waals surface area (Å²) >= 11 is 5.68. The van der Waals surface area contributed by atoms with Gasteiger partial charge in [-0.05, 0) is 23.8 Å². The zero-order chi connectivity index (χ0) is 18.2. The third-order valence-electron chi connectivity index (χ3n) is 3.67. The Labute approximate surface area is 147 Å². The van der Waals surface area contributed by atoms with Gasteiger partial charge in [0, 0.05) is 19.2 Å². The molecule has 132 valence electrons. The van der Waals surface area contributed by atoms with E-state index in [1.807, 2.05) is 6.92 Å². The molecule has 0 saturated heterocycles. The molecule has 7 nitrogen and oxygen atoms in total. The standard InChI is InChI=1S/C15H14ClFN4O3S/c1-2-14-19-20-15(22)13-6-10(8-21(13)14)25(23,24)18-7-9-3-4-12(17)11(16)5-9/h3-6,8,18H,2,7H2,1H3,(H,20,22). The molecule has 0 radical (unpaired) electrons. The van der Waals surface area contributed by atoms with Crippen LogP contribution in [0.1, 0.15) is 18.3 Å². The molecule has 0 aliphatic carbocycles. The van der Waals surface area contributed by atoms with E-state index in [1.165, 1.54) is 28.8 Å². The number of H-pyrrole nitrogens is 1. The number of aromatic amines is 1. The minimum Gasteiger partial charge on any atom is -0.297 e. The maximum Gasteiger partial charge on any atom is 0.288 e. The van der Waals surface area contributed by atoms with Crippen molar-refractivity contribution in [3.8, 4) is 0 Å². The normalized spacial score (nSPS) is 12.0. The number of hydrogen-bond donors (Lipinski definition) is 2. The summed E-state index contributed by atoms with van der Waals surface area (Å²) in [5.74, 6) is -0.0489. The third kappa shape index (κ3) is 3.44. The molecule has 0 amide bonds. The average molecular weight is 385 g/mol. The number of fused-ring (bicyclic) bond motifs is 1. The zero-order valence-electron chi connectivity index (χ0n) is 13.1. The highest BCUT2D eigenvalue weighted by Gasteiger charge is 2.19. The van der Waals surface area contributed by atoms with E-state index >= 15 is 0 Å². The van der Waals surface area contributed by atoms with E-state index in [2.05, 4.69) is 14.9 Å². The van der Waals surface area contributed by atoms with E-state index in [9.17, 15) is 17.6 Å². The van der Waals surface area contributed by atoms with Crippen LogP contribution in [0.4, 0.5) is 4.39 Å². The van der Waals surface area contributed by atoms with Gasteiger partial charge in [0.1, 0.15) is 22.1 Å². The summed E-state index contributed by atoms with van der Waals surface area (Å²) in [6.45, 7) is 1.77. The molecule has 0 spiro atoms. The SMILES string of the molecule is CCc1n[nH]c(=O)c2cc(S(=O)(=O)NCc3ccc(F)c(Cl)c3)cn12. The summed E-state index contributed by atoms with van der Waals surface area (Å²) in [6.07, 6.45) is 1.86. The quantitative estimate of drug-likeness (QED) is 0.701. The highest BCUT2D eigenvalue weighted by Crippen LogP contribution is 2.17. The Balaban J connectivity index is 1.92. The van der Waals surface area contributed by atoms with E-state index < -0.39 is 21.4 Å². The number of aromatic nitrogens is 3. The first kappa shape index (κ1) is 17.6. The molecule has 0 bridgehead atoms. The molecule has 0 aliphatic rings. The van der Waals surface area contributed by atoms with Gasteiger partial charge in [-0.15, -0.1) is 0 Å². The molecular formula is C15H14ClFN4O3S. The summed E-state index contributed by atoms with van der Waals surface area (Å²) in [7, 11) is -3.87. The van der Waals surface area contributed by atoms with Crippen molar-refractivity contribution < 1.29 is 12.8 Å². The van der Waals surface area contributed by atoms with Crippen LogP contribution >= 0.6 is 11.6 Å². The topological polar surface area (TPSA) is 96.3 Å². The predicted molar refractivity (Wildman–Crippen MR) is 90.6 cm³/mol. The minimum atomic E-state index is -3.87. The van der Waals surface area contributed by atoms with E-state index in [0.29, 0.717) is 17.8 Å². The monoisotopic (exact) mass is 384 g/mol. The van der Waals surface area contributed by atoms with Gasteiger partial charge in [0.25, 0.3) is 5.56 Å². The highest BCUT2D eigenvalue weighted by molar-refractivity contribution is 7.89. The number of hydrogen-bond acceptors (Lipinski definition) is 4. The Morgan fingerprint density at radius 3 is 2.80 bits per heavy atom. The van der Waals surface area contributed by atoms with Crippen molar-refractivity contribution >= 4 is 27.1 Å². The second kappa shape index (κ2) is 6.58. The smallest absolute Gasteiger partial charge is 0.288 e. The summed E-state index contributed by atoms with van der Waals surface area (Å²) in [5.41, 5.74) is 0.216. The van der Waals surface area contributed by atoms with Crippen LogP contribution in [0, 0.1) is 5.82 Å². The molecule has 0 unspecified atom stereocenters. The van der Waals surface area contributed by atoms with Crippen LogP contribution in [0.25, 0.3) is 5.52 Å². The predicted octanol–water partition coefficient (Wildman–Crippen LogP) is 1.86. The van der Waals surface area contributed by atoms with Crippen LogP contribution in [-0.2, 0) is 23.0 Å². The number of benzene rings is 1. The second-order valence-corrected chi connectivity index (χ2v) is 7.50. The molecular weight excluding hydrogens is 371 g/mol. The highest BCUT2D eigenvalue weighted by atomic mass is 35.5. The van der Waals surface area contributed by atoms with E-state index in [0.717, 1.165) is 6.07 Å². The molecule has 2 aromatic heterocycles. The van der Waals surface area contributed by atoms with Crippen molar-refractivity contribution in [1.29, 1.82) is 0 Å². The molecule has 0 atom stereocenters. The Morgan fingerprint density at radius 1 is 1.36 bits per heavy atom. The summed E-state index contributed by atoms with van der Waals surface area (Å²) in [6, 6.07) is 5.22. The molecule has 2 N–H and O–H groups in total. The lowest BCUT2D eigenvalue weighted by molar-refractivity contribution is 0.581. The number of aryl methyl sites for hydroxylation is 1. The lowest BCUT2D eigenvalue weighted by Crippen LogP contribution is -2.22. The fraction of sp³-hybridized carbons (Fsp3) is 0.200. The lowest BCUT2D eigenvalue weighted by Gasteiger charge is -2.06. The van der Waals surface area contributed by atoms with Crippen LogP contribution in [0.15, 0.2) is 40.2 Å². The van der Waals surface area contributed by atoms with Gasteiger partial charge < -0.3 is 0 Å². The third-order valence-corrected chi connectivity index (χ3v) is 5.33. The van der Waals surface area contributed by atoms with Crippen LogP contribution in [0.2, 0.25) is 5.02 Å². The lowest BCUT2D eigenvalue weighted by atomic mass is 10.2. The van der Waals surface area contributed by atoms with Gasteiger partial charge >= 0.3 is 0 Å². The Morgan fingerprint density at radius 2 is 2.12 bits per heavy atom. The van der Waals surface area contributed by atoms with Gasteiger partial charge in [-0.1, -0.05) is 24.6 Å². The molecule has 0 aliphatic heterocycles. The number of sulfonamides is 1. The van der Waals surface area contributed by atoms with Gasteiger partial charge in [0.2, 0.25) is 10.0 Å². The first-order valence-corrected chi connectivity index (χ1v) is 9.21. The van der Waals surface area contributed by atoms with Crippen molar-refractivity contribution in [1.82, 2.24) is 19.3 Å². The number of halogens is 2. The van der Waals surface area contributed by atoms with Gasteiger partial charge in [-0.25, -0.2) is 22.6 Å². The minimum absolute atomic E-state index is 0.0612. The fourth-order valence-electron chi connectivity index (χ4n) is 2.36. The molecule has 3 rings (SSSR count). The Hall–Kier alpha value is -2.23. The number of rotatable bonds is 5. The van der Waals surface area contributed by atoms with E-state index in [-0.39, 0.29) is 22.0 Å². The molecule has 25 heavy (non-hydrogen) atoms. The van der Waals surface area contributed by atoms with Crippen LogP contribution in [-0.4, -0.2) is 23.0 Å². The van der Waals surface area contributed by atoms with Crippen LogP contribution in [0.5, 0.6) is 0 Å². The van der Waals surface area contributed by atoms with Gasteiger partial charge in [-0.3, -0.25) is 9.20 Å². The van der Waals surface area contributed by atoms with Crippen molar-refractivity contribution in [2.75, 3.05) is 0 Å². The van der Waals surface area contributed by atoms with Crippen molar-refractivity contribution in [2.24, 2.45) is 0 Å².